The molecule has 0 spiro atoms. The first-order valence-electron chi connectivity index (χ1n) is 7.27. The molecule has 1 amide bonds. The molecule has 108 valence electrons. The molecule has 1 aromatic carbocycles. The lowest BCUT2D eigenvalue weighted by molar-refractivity contribution is -0.605. The van der Waals surface area contributed by atoms with Crippen molar-refractivity contribution in [2.24, 2.45) is 0 Å². The van der Waals surface area contributed by atoms with Crippen LogP contribution in [0.3, 0.4) is 0 Å². The lowest BCUT2D eigenvalue weighted by Gasteiger charge is -2.32. The number of amides is 1. The standard InChI is InChI=1S/C17H18N2O2/c20-17(16-7-4-10-19(21)13-16)18-11-8-15(9-12-18)14-5-2-1-3-6-14/h1-7,10,13,15H,8-9,11-12H2. The number of pyridine rings is 1. The molecule has 1 fully saturated rings. The van der Waals surface area contributed by atoms with Crippen LogP contribution >= 0.6 is 0 Å². The zero-order valence-electron chi connectivity index (χ0n) is 11.8. The molecule has 1 aliphatic heterocycles. The van der Waals surface area contributed by atoms with Crippen LogP contribution in [0.25, 0.3) is 0 Å². The first-order valence-corrected chi connectivity index (χ1v) is 7.27. The number of nitrogens with zero attached hydrogens (tertiary/aromatic N) is 2. The van der Waals surface area contributed by atoms with Gasteiger partial charge in [0.15, 0.2) is 12.4 Å². The fourth-order valence-electron chi connectivity index (χ4n) is 2.90. The van der Waals surface area contributed by atoms with Crippen LogP contribution in [0.15, 0.2) is 54.9 Å². The second-order valence-corrected chi connectivity index (χ2v) is 5.43. The van der Waals surface area contributed by atoms with Gasteiger partial charge in [0.25, 0.3) is 5.91 Å². The number of carbonyl (C=O) groups excluding carboxylic acids is 1. The van der Waals surface area contributed by atoms with E-state index in [0.29, 0.717) is 16.2 Å². The Labute approximate surface area is 124 Å². The minimum atomic E-state index is -0.0493. The summed E-state index contributed by atoms with van der Waals surface area (Å²) in [7, 11) is 0. The third-order valence-electron chi connectivity index (χ3n) is 4.08. The summed E-state index contributed by atoms with van der Waals surface area (Å²) in [4.78, 5) is 14.2. The van der Waals surface area contributed by atoms with Gasteiger partial charge in [0.2, 0.25) is 0 Å². The second kappa shape index (κ2) is 5.95. The molecule has 2 aromatic rings. The second-order valence-electron chi connectivity index (χ2n) is 5.43. The smallest absolute Gasteiger partial charge is 0.259 e. The molecule has 3 rings (SSSR count). The van der Waals surface area contributed by atoms with E-state index in [2.05, 4.69) is 24.3 Å². The molecule has 0 aliphatic carbocycles. The topological polar surface area (TPSA) is 47.2 Å². The molecule has 0 unspecified atom stereocenters. The molecule has 1 aromatic heterocycles. The van der Waals surface area contributed by atoms with Gasteiger partial charge < -0.3 is 10.1 Å². The minimum absolute atomic E-state index is 0.0493. The van der Waals surface area contributed by atoms with Crippen molar-refractivity contribution in [3.8, 4) is 0 Å². The first kappa shape index (κ1) is 13.6. The van der Waals surface area contributed by atoms with Gasteiger partial charge in [-0.15, -0.1) is 0 Å². The normalized spacial score (nSPS) is 15.9. The van der Waals surface area contributed by atoms with E-state index in [1.807, 2.05) is 11.0 Å². The lowest BCUT2D eigenvalue weighted by Crippen LogP contribution is -2.39. The zero-order chi connectivity index (χ0) is 14.7. The summed E-state index contributed by atoms with van der Waals surface area (Å²) in [5, 5.41) is 11.3. The Bertz CT molecular complexity index is 620. The Morgan fingerprint density at radius 2 is 1.81 bits per heavy atom. The predicted octanol–water partition coefficient (Wildman–Crippen LogP) is 2.34. The van der Waals surface area contributed by atoms with Crippen molar-refractivity contribution >= 4 is 5.91 Å². The molecule has 2 heterocycles. The van der Waals surface area contributed by atoms with E-state index in [0.717, 1.165) is 25.9 Å². The van der Waals surface area contributed by atoms with Crippen molar-refractivity contribution in [1.29, 1.82) is 0 Å². The van der Waals surface area contributed by atoms with Crippen LogP contribution in [0.2, 0.25) is 0 Å². The van der Waals surface area contributed by atoms with Gasteiger partial charge in [-0.2, -0.15) is 4.73 Å². The van der Waals surface area contributed by atoms with Gasteiger partial charge >= 0.3 is 0 Å². The highest BCUT2D eigenvalue weighted by molar-refractivity contribution is 5.93. The van der Waals surface area contributed by atoms with Crippen molar-refractivity contribution < 1.29 is 9.52 Å². The molecule has 1 saturated heterocycles. The van der Waals surface area contributed by atoms with Crippen LogP contribution in [0, 0.1) is 5.21 Å². The number of aromatic nitrogens is 1. The van der Waals surface area contributed by atoms with E-state index in [1.54, 1.807) is 12.1 Å². The van der Waals surface area contributed by atoms with Gasteiger partial charge in [0.05, 0.1) is 0 Å². The predicted molar refractivity (Wildman–Crippen MR) is 79.7 cm³/mol. The van der Waals surface area contributed by atoms with Crippen LogP contribution in [-0.2, 0) is 0 Å². The Balaban J connectivity index is 1.64. The molecule has 0 saturated carbocycles. The first-order chi connectivity index (χ1) is 10.2. The van der Waals surface area contributed by atoms with Gasteiger partial charge in [-0.3, -0.25) is 4.79 Å². The Morgan fingerprint density at radius 3 is 2.48 bits per heavy atom. The lowest BCUT2D eigenvalue weighted by atomic mass is 9.89. The SMILES string of the molecule is O=C(c1ccc[n+]([O-])c1)N1CCC(c2ccccc2)CC1. The van der Waals surface area contributed by atoms with Crippen molar-refractivity contribution in [2.75, 3.05) is 13.1 Å². The fourth-order valence-corrected chi connectivity index (χ4v) is 2.90. The summed E-state index contributed by atoms with van der Waals surface area (Å²) in [5.41, 5.74) is 1.81. The number of likely N-dealkylation sites (tertiary alicyclic amines) is 1. The highest BCUT2D eigenvalue weighted by Gasteiger charge is 2.25. The minimum Gasteiger partial charge on any atom is -0.619 e. The zero-order valence-corrected chi connectivity index (χ0v) is 11.8. The number of benzene rings is 1. The summed E-state index contributed by atoms with van der Waals surface area (Å²) in [5.74, 6) is 0.474. The number of hydrogen-bond acceptors (Lipinski definition) is 2. The van der Waals surface area contributed by atoms with Crippen LogP contribution in [0.1, 0.15) is 34.7 Å². The van der Waals surface area contributed by atoms with Gasteiger partial charge in [-0.1, -0.05) is 30.3 Å². The van der Waals surface area contributed by atoms with Crippen LogP contribution in [-0.4, -0.2) is 23.9 Å². The molecular formula is C17H18N2O2. The molecule has 0 atom stereocenters. The van der Waals surface area contributed by atoms with Gasteiger partial charge in [0, 0.05) is 19.2 Å². The third kappa shape index (κ3) is 3.05. The van der Waals surface area contributed by atoms with Gasteiger partial charge in [-0.05, 0) is 30.4 Å². The monoisotopic (exact) mass is 282 g/mol. The maximum atomic E-state index is 12.4. The average Bonchev–Trinajstić information content (AvgIpc) is 2.55. The Morgan fingerprint density at radius 1 is 1.10 bits per heavy atom. The maximum absolute atomic E-state index is 12.4. The number of hydrogen-bond donors (Lipinski definition) is 0. The van der Waals surface area contributed by atoms with E-state index in [4.69, 9.17) is 0 Å². The molecule has 4 heteroatoms. The molecular weight excluding hydrogens is 264 g/mol. The largest absolute Gasteiger partial charge is 0.619 e. The fraction of sp³-hybridized carbons (Fsp3) is 0.294. The van der Waals surface area contributed by atoms with Crippen molar-refractivity contribution in [2.45, 2.75) is 18.8 Å². The number of piperidine rings is 1. The Kier molecular flexibility index (Phi) is 3.86. The van der Waals surface area contributed by atoms with Crippen LogP contribution < -0.4 is 4.73 Å². The summed E-state index contributed by atoms with van der Waals surface area (Å²) in [6.45, 7) is 1.48. The third-order valence-corrected chi connectivity index (χ3v) is 4.08. The van der Waals surface area contributed by atoms with Gasteiger partial charge in [-0.25, -0.2) is 0 Å². The summed E-state index contributed by atoms with van der Waals surface area (Å²) < 4.78 is 0.671. The Hall–Kier alpha value is -2.36. The van der Waals surface area contributed by atoms with Crippen molar-refractivity contribution in [1.82, 2.24) is 4.90 Å². The molecule has 1 aliphatic rings. The quantitative estimate of drug-likeness (QED) is 0.627. The van der Waals surface area contributed by atoms with Crippen molar-refractivity contribution in [3.63, 3.8) is 0 Å². The van der Waals surface area contributed by atoms with E-state index < -0.39 is 0 Å². The summed E-state index contributed by atoms with van der Waals surface area (Å²) >= 11 is 0. The molecule has 4 nitrogen and oxygen atoms in total. The molecule has 21 heavy (non-hydrogen) atoms. The highest BCUT2D eigenvalue weighted by Crippen LogP contribution is 2.28. The van der Waals surface area contributed by atoms with Gasteiger partial charge in [0.1, 0.15) is 5.56 Å². The van der Waals surface area contributed by atoms with Crippen molar-refractivity contribution in [3.05, 3.63) is 71.2 Å². The molecule has 0 N–H and O–H groups in total. The molecule has 0 radical (unpaired) electrons. The molecule has 0 bridgehead atoms. The number of carbonyl (C=O) groups is 1. The van der Waals surface area contributed by atoms with E-state index in [9.17, 15) is 10.0 Å². The maximum Gasteiger partial charge on any atom is 0.259 e. The van der Waals surface area contributed by atoms with Crippen LogP contribution in [0.5, 0.6) is 0 Å². The highest BCUT2D eigenvalue weighted by atomic mass is 16.5. The number of rotatable bonds is 2. The van der Waals surface area contributed by atoms with Crippen LogP contribution in [0.4, 0.5) is 0 Å². The van der Waals surface area contributed by atoms with E-state index in [1.165, 1.54) is 18.0 Å². The van der Waals surface area contributed by atoms with E-state index >= 15 is 0 Å². The summed E-state index contributed by atoms with van der Waals surface area (Å²) in [6.07, 6.45) is 4.67. The van der Waals surface area contributed by atoms with E-state index in [-0.39, 0.29) is 5.91 Å². The summed E-state index contributed by atoms with van der Waals surface area (Å²) in [6, 6.07) is 13.7. The average molecular weight is 282 g/mol.